The summed E-state index contributed by atoms with van der Waals surface area (Å²) >= 11 is 6.33. The van der Waals surface area contributed by atoms with Gasteiger partial charge in [0, 0.05) is 29.6 Å². The molecule has 0 saturated carbocycles. The number of benzene rings is 1. The Morgan fingerprint density at radius 1 is 1.21 bits per heavy atom. The van der Waals surface area contributed by atoms with E-state index in [4.69, 9.17) is 16.3 Å². The largest absolute Gasteiger partial charge is 0.495 e. The van der Waals surface area contributed by atoms with Crippen LogP contribution in [0, 0.1) is 0 Å². The molecule has 24 heavy (non-hydrogen) atoms. The van der Waals surface area contributed by atoms with Gasteiger partial charge in [0.05, 0.1) is 24.0 Å². The van der Waals surface area contributed by atoms with Crippen LogP contribution in [-0.2, 0) is 0 Å². The summed E-state index contributed by atoms with van der Waals surface area (Å²) in [5.74, 6) is 1.44. The van der Waals surface area contributed by atoms with Gasteiger partial charge in [0.1, 0.15) is 11.6 Å². The van der Waals surface area contributed by atoms with E-state index in [2.05, 4.69) is 29.2 Å². The number of halogens is 1. The molecule has 0 fully saturated rings. The van der Waals surface area contributed by atoms with E-state index < -0.39 is 0 Å². The minimum Gasteiger partial charge on any atom is -0.495 e. The lowest BCUT2D eigenvalue weighted by Crippen LogP contribution is -1.99. The quantitative estimate of drug-likeness (QED) is 0.714. The van der Waals surface area contributed by atoms with Gasteiger partial charge in [0.25, 0.3) is 0 Å². The highest BCUT2D eigenvalue weighted by atomic mass is 35.5. The number of hydrogen-bond donors (Lipinski definition) is 1. The van der Waals surface area contributed by atoms with Gasteiger partial charge in [-0.25, -0.2) is 4.98 Å². The number of nitrogens with zero attached hydrogens (tertiary/aromatic N) is 3. The van der Waals surface area contributed by atoms with Crippen molar-refractivity contribution in [2.75, 3.05) is 12.4 Å². The van der Waals surface area contributed by atoms with E-state index in [1.165, 1.54) is 0 Å². The van der Waals surface area contributed by atoms with Crippen LogP contribution in [0.1, 0.15) is 19.9 Å². The zero-order valence-corrected chi connectivity index (χ0v) is 14.6. The number of nitrogens with one attached hydrogen (secondary N) is 1. The lowest BCUT2D eigenvalue weighted by atomic mass is 10.1. The highest BCUT2D eigenvalue weighted by Gasteiger charge is 2.11. The molecule has 0 aliphatic rings. The third kappa shape index (κ3) is 3.36. The van der Waals surface area contributed by atoms with E-state index in [1.54, 1.807) is 13.3 Å². The van der Waals surface area contributed by atoms with E-state index >= 15 is 0 Å². The fourth-order valence-electron chi connectivity index (χ4n) is 2.37. The molecule has 5 nitrogen and oxygen atoms in total. The summed E-state index contributed by atoms with van der Waals surface area (Å²) in [4.78, 5) is 4.35. The van der Waals surface area contributed by atoms with Gasteiger partial charge in [-0.2, -0.15) is 5.10 Å². The van der Waals surface area contributed by atoms with Crippen LogP contribution < -0.4 is 10.1 Å². The molecule has 0 unspecified atom stereocenters. The zero-order valence-electron chi connectivity index (χ0n) is 13.8. The number of methoxy groups -OCH3 is 1. The van der Waals surface area contributed by atoms with E-state index in [1.807, 2.05) is 47.4 Å². The van der Waals surface area contributed by atoms with Crippen molar-refractivity contribution in [2.24, 2.45) is 0 Å². The molecule has 0 radical (unpaired) electrons. The first-order chi connectivity index (χ1) is 11.6. The Morgan fingerprint density at radius 2 is 2.00 bits per heavy atom. The van der Waals surface area contributed by atoms with E-state index in [0.29, 0.717) is 16.9 Å². The van der Waals surface area contributed by atoms with Crippen molar-refractivity contribution < 1.29 is 4.74 Å². The molecule has 2 aromatic heterocycles. The Balaban J connectivity index is 1.94. The SMILES string of the molecule is COc1ccccc1Nc1cc(-c2cnn(C(C)C)c2)c(Cl)cn1. The molecule has 1 N–H and O–H groups in total. The highest BCUT2D eigenvalue weighted by Crippen LogP contribution is 2.32. The molecule has 0 amide bonds. The number of para-hydroxylation sites is 2. The molecule has 0 aliphatic heterocycles. The van der Waals surface area contributed by atoms with E-state index in [0.717, 1.165) is 22.6 Å². The molecule has 1 aromatic carbocycles. The molecule has 0 saturated heterocycles. The molecule has 2 heterocycles. The smallest absolute Gasteiger partial charge is 0.142 e. The maximum atomic E-state index is 6.33. The second kappa shape index (κ2) is 6.93. The number of rotatable bonds is 5. The van der Waals surface area contributed by atoms with Crippen LogP contribution in [0.5, 0.6) is 5.75 Å². The van der Waals surface area contributed by atoms with Crippen LogP contribution in [-0.4, -0.2) is 21.9 Å². The normalized spacial score (nSPS) is 10.9. The molecule has 3 aromatic rings. The Labute approximate surface area is 146 Å². The summed E-state index contributed by atoms with van der Waals surface area (Å²) in [5.41, 5.74) is 2.69. The van der Waals surface area contributed by atoms with Gasteiger partial charge in [-0.05, 0) is 32.0 Å². The van der Waals surface area contributed by atoms with Gasteiger partial charge < -0.3 is 10.1 Å². The van der Waals surface area contributed by atoms with E-state index in [9.17, 15) is 0 Å². The second-order valence-corrected chi connectivity index (χ2v) is 6.08. The number of pyridine rings is 1. The minimum atomic E-state index is 0.297. The number of aromatic nitrogens is 3. The third-order valence-electron chi connectivity index (χ3n) is 3.67. The Morgan fingerprint density at radius 3 is 2.71 bits per heavy atom. The molecule has 0 atom stereocenters. The van der Waals surface area contributed by atoms with Crippen molar-refractivity contribution >= 4 is 23.1 Å². The van der Waals surface area contributed by atoms with Crippen molar-refractivity contribution in [3.8, 4) is 16.9 Å². The predicted molar refractivity (Wildman–Crippen MR) is 97.1 cm³/mol. The second-order valence-electron chi connectivity index (χ2n) is 5.68. The van der Waals surface area contributed by atoms with Crippen LogP contribution in [0.25, 0.3) is 11.1 Å². The lowest BCUT2D eigenvalue weighted by molar-refractivity contribution is 0.417. The van der Waals surface area contributed by atoms with Gasteiger partial charge >= 0.3 is 0 Å². The Bertz CT molecular complexity index is 845. The van der Waals surface area contributed by atoms with Crippen molar-refractivity contribution in [1.29, 1.82) is 0 Å². The molecular weight excluding hydrogens is 324 g/mol. The topological polar surface area (TPSA) is 52.0 Å². The summed E-state index contributed by atoms with van der Waals surface area (Å²) in [7, 11) is 1.64. The molecule has 0 bridgehead atoms. The van der Waals surface area contributed by atoms with Crippen molar-refractivity contribution in [1.82, 2.24) is 14.8 Å². The minimum absolute atomic E-state index is 0.297. The summed E-state index contributed by atoms with van der Waals surface area (Å²) in [6, 6.07) is 9.90. The van der Waals surface area contributed by atoms with Crippen molar-refractivity contribution in [3.05, 3.63) is 53.9 Å². The third-order valence-corrected chi connectivity index (χ3v) is 3.97. The van der Waals surface area contributed by atoms with Gasteiger partial charge in [-0.15, -0.1) is 0 Å². The fourth-order valence-corrected chi connectivity index (χ4v) is 2.59. The predicted octanol–water partition coefficient (Wildman–Crippen LogP) is 4.93. The van der Waals surface area contributed by atoms with Crippen molar-refractivity contribution in [2.45, 2.75) is 19.9 Å². The van der Waals surface area contributed by atoms with Crippen LogP contribution in [0.4, 0.5) is 11.5 Å². The van der Waals surface area contributed by atoms with Gasteiger partial charge in [0.15, 0.2) is 0 Å². The summed E-state index contributed by atoms with van der Waals surface area (Å²) < 4.78 is 7.26. The molecule has 124 valence electrons. The maximum Gasteiger partial charge on any atom is 0.142 e. The average molecular weight is 343 g/mol. The van der Waals surface area contributed by atoms with Crippen LogP contribution in [0.3, 0.4) is 0 Å². The fraction of sp³-hybridized carbons (Fsp3) is 0.222. The summed E-state index contributed by atoms with van der Waals surface area (Å²) in [6.07, 6.45) is 5.44. The highest BCUT2D eigenvalue weighted by molar-refractivity contribution is 6.33. The summed E-state index contributed by atoms with van der Waals surface area (Å²) in [5, 5.41) is 8.23. The first-order valence-electron chi connectivity index (χ1n) is 7.68. The molecule has 3 rings (SSSR count). The standard InChI is InChI=1S/C18H19ClN4O/c1-12(2)23-11-13(9-21-23)14-8-18(20-10-15(14)19)22-16-6-4-5-7-17(16)24-3/h4-12H,1-3H3,(H,20,22). The number of hydrogen-bond acceptors (Lipinski definition) is 4. The Hall–Kier alpha value is -2.53. The number of ether oxygens (including phenoxy) is 1. The first-order valence-corrected chi connectivity index (χ1v) is 8.06. The maximum absolute atomic E-state index is 6.33. The van der Waals surface area contributed by atoms with Crippen LogP contribution in [0.15, 0.2) is 48.9 Å². The van der Waals surface area contributed by atoms with Gasteiger partial charge in [0.2, 0.25) is 0 Å². The first kappa shape index (κ1) is 16.3. The molecule has 6 heteroatoms. The van der Waals surface area contributed by atoms with Gasteiger partial charge in [-0.3, -0.25) is 4.68 Å². The monoisotopic (exact) mass is 342 g/mol. The number of anilines is 2. The van der Waals surface area contributed by atoms with Crippen LogP contribution >= 0.6 is 11.6 Å². The van der Waals surface area contributed by atoms with Crippen molar-refractivity contribution in [3.63, 3.8) is 0 Å². The van der Waals surface area contributed by atoms with Gasteiger partial charge in [-0.1, -0.05) is 23.7 Å². The molecular formula is C18H19ClN4O. The Kier molecular flexibility index (Phi) is 4.71. The average Bonchev–Trinajstić information content (AvgIpc) is 3.07. The van der Waals surface area contributed by atoms with E-state index in [-0.39, 0.29) is 0 Å². The molecule has 0 spiro atoms. The van der Waals surface area contributed by atoms with Crippen LogP contribution in [0.2, 0.25) is 5.02 Å². The molecule has 0 aliphatic carbocycles. The summed E-state index contributed by atoms with van der Waals surface area (Å²) in [6.45, 7) is 4.17. The lowest BCUT2D eigenvalue weighted by Gasteiger charge is -2.11. The zero-order chi connectivity index (χ0) is 17.1.